The molecule has 2 amide bonds. The lowest BCUT2D eigenvalue weighted by atomic mass is 10.1. The minimum Gasteiger partial charge on any atom is -0.497 e. The fourth-order valence-electron chi connectivity index (χ4n) is 4.22. The quantitative estimate of drug-likeness (QED) is 0.387. The first kappa shape index (κ1) is 26.7. The third kappa shape index (κ3) is 7.56. The van der Waals surface area contributed by atoms with Crippen LogP contribution in [-0.2, 0) is 21.9 Å². The highest BCUT2D eigenvalue weighted by atomic mass is 35.5. The molecule has 184 valence electrons. The number of rotatable bonds is 11. The SMILES string of the molecule is CC[C@@H](C(=O)NC1CCCC1)N(Cc1cccc(OC)c1)C(=O)CSCc1ccc(Cl)cc1Cl. The molecule has 0 aliphatic heterocycles. The highest BCUT2D eigenvalue weighted by molar-refractivity contribution is 7.99. The Labute approximate surface area is 216 Å². The summed E-state index contributed by atoms with van der Waals surface area (Å²) >= 11 is 13.7. The van der Waals surface area contributed by atoms with E-state index in [0.717, 1.165) is 42.6 Å². The van der Waals surface area contributed by atoms with E-state index < -0.39 is 6.04 Å². The molecule has 1 aliphatic carbocycles. The van der Waals surface area contributed by atoms with Gasteiger partial charge in [0, 0.05) is 28.4 Å². The summed E-state index contributed by atoms with van der Waals surface area (Å²) in [4.78, 5) is 28.3. The number of halogens is 2. The Morgan fingerprint density at radius 2 is 1.94 bits per heavy atom. The van der Waals surface area contributed by atoms with Crippen LogP contribution in [0.2, 0.25) is 10.0 Å². The smallest absolute Gasteiger partial charge is 0.243 e. The fraction of sp³-hybridized carbons (Fsp3) is 0.462. The van der Waals surface area contributed by atoms with E-state index in [1.54, 1.807) is 24.1 Å². The van der Waals surface area contributed by atoms with E-state index in [1.807, 2.05) is 37.3 Å². The maximum Gasteiger partial charge on any atom is 0.243 e. The predicted molar refractivity (Wildman–Crippen MR) is 141 cm³/mol. The Morgan fingerprint density at radius 3 is 2.62 bits per heavy atom. The Bertz CT molecular complexity index is 982. The van der Waals surface area contributed by atoms with Crippen molar-refractivity contribution in [1.29, 1.82) is 0 Å². The number of thioether (sulfide) groups is 1. The number of ether oxygens (including phenoxy) is 1. The van der Waals surface area contributed by atoms with Gasteiger partial charge in [-0.1, -0.05) is 61.2 Å². The van der Waals surface area contributed by atoms with Crippen LogP contribution in [-0.4, -0.2) is 41.7 Å². The van der Waals surface area contributed by atoms with Gasteiger partial charge >= 0.3 is 0 Å². The first-order valence-corrected chi connectivity index (χ1v) is 13.6. The van der Waals surface area contributed by atoms with Crippen LogP contribution in [0.4, 0.5) is 0 Å². The van der Waals surface area contributed by atoms with E-state index in [4.69, 9.17) is 27.9 Å². The van der Waals surface area contributed by atoms with Gasteiger partial charge in [0.15, 0.2) is 0 Å². The molecular formula is C26H32Cl2N2O3S. The van der Waals surface area contributed by atoms with Gasteiger partial charge in [-0.15, -0.1) is 11.8 Å². The predicted octanol–water partition coefficient (Wildman–Crippen LogP) is 6.10. The third-order valence-electron chi connectivity index (χ3n) is 6.07. The van der Waals surface area contributed by atoms with Crippen LogP contribution in [0.25, 0.3) is 0 Å². The summed E-state index contributed by atoms with van der Waals surface area (Å²) in [6.07, 6.45) is 4.82. The highest BCUT2D eigenvalue weighted by Crippen LogP contribution is 2.26. The molecule has 1 atom stereocenters. The van der Waals surface area contributed by atoms with Crippen molar-refractivity contribution in [3.63, 3.8) is 0 Å². The van der Waals surface area contributed by atoms with Gasteiger partial charge in [0.05, 0.1) is 12.9 Å². The number of carbonyl (C=O) groups is 2. The van der Waals surface area contributed by atoms with E-state index in [2.05, 4.69) is 5.32 Å². The van der Waals surface area contributed by atoms with Crippen molar-refractivity contribution < 1.29 is 14.3 Å². The van der Waals surface area contributed by atoms with Gasteiger partial charge < -0.3 is 15.0 Å². The maximum absolute atomic E-state index is 13.4. The fourth-order valence-corrected chi connectivity index (χ4v) is 5.69. The molecule has 0 unspecified atom stereocenters. The summed E-state index contributed by atoms with van der Waals surface area (Å²) in [5.74, 6) is 1.40. The maximum atomic E-state index is 13.4. The van der Waals surface area contributed by atoms with E-state index >= 15 is 0 Å². The Hall–Kier alpha value is -1.89. The largest absolute Gasteiger partial charge is 0.497 e. The molecule has 5 nitrogen and oxygen atoms in total. The number of amides is 2. The van der Waals surface area contributed by atoms with Crippen LogP contribution in [0.5, 0.6) is 5.75 Å². The van der Waals surface area contributed by atoms with Crippen LogP contribution in [0.15, 0.2) is 42.5 Å². The van der Waals surface area contributed by atoms with Crippen molar-refractivity contribution in [3.05, 3.63) is 63.6 Å². The molecule has 0 aromatic heterocycles. The second kappa shape index (κ2) is 13.3. The Morgan fingerprint density at radius 1 is 1.18 bits per heavy atom. The standard InChI is InChI=1S/C26H32Cl2N2O3S/c1-3-24(26(32)29-21-8-4-5-9-21)30(15-18-7-6-10-22(13-18)33-2)25(31)17-34-16-19-11-12-20(27)14-23(19)28/h6-7,10-14,21,24H,3-5,8-9,15-17H2,1-2H3,(H,29,32)/t24-/m0/s1. The number of carbonyl (C=O) groups excluding carboxylic acids is 2. The number of benzene rings is 2. The second-order valence-corrected chi connectivity index (χ2v) is 10.3. The molecule has 1 fully saturated rings. The van der Waals surface area contributed by atoms with Gasteiger partial charge in [0.25, 0.3) is 0 Å². The van der Waals surface area contributed by atoms with Crippen LogP contribution >= 0.6 is 35.0 Å². The summed E-state index contributed by atoms with van der Waals surface area (Å²) < 4.78 is 5.34. The van der Waals surface area contributed by atoms with Crippen molar-refractivity contribution in [2.24, 2.45) is 0 Å². The van der Waals surface area contributed by atoms with Crippen LogP contribution in [0, 0.1) is 0 Å². The molecule has 0 bridgehead atoms. The molecule has 0 radical (unpaired) electrons. The van der Waals surface area contributed by atoms with Crippen molar-refractivity contribution in [1.82, 2.24) is 10.2 Å². The Balaban J connectivity index is 1.73. The van der Waals surface area contributed by atoms with Crippen LogP contribution in [0.3, 0.4) is 0 Å². The molecule has 2 aromatic rings. The van der Waals surface area contributed by atoms with Gasteiger partial charge in [-0.05, 0) is 54.7 Å². The van der Waals surface area contributed by atoms with Crippen molar-refractivity contribution >= 4 is 46.8 Å². The van der Waals surface area contributed by atoms with Gasteiger partial charge in [-0.3, -0.25) is 9.59 Å². The van der Waals surface area contributed by atoms with Crippen molar-refractivity contribution in [2.75, 3.05) is 12.9 Å². The van der Waals surface area contributed by atoms with E-state index in [9.17, 15) is 9.59 Å². The molecule has 1 saturated carbocycles. The molecule has 0 saturated heterocycles. The Kier molecular flexibility index (Phi) is 10.4. The average Bonchev–Trinajstić information content (AvgIpc) is 3.33. The van der Waals surface area contributed by atoms with Crippen molar-refractivity contribution in [2.45, 2.75) is 63.4 Å². The first-order chi connectivity index (χ1) is 16.4. The van der Waals surface area contributed by atoms with Crippen molar-refractivity contribution in [3.8, 4) is 5.75 Å². The van der Waals surface area contributed by atoms with E-state index in [-0.39, 0.29) is 23.6 Å². The normalized spacial score (nSPS) is 14.6. The lowest BCUT2D eigenvalue weighted by molar-refractivity contribution is -0.139. The third-order valence-corrected chi connectivity index (χ3v) is 7.63. The number of hydrogen-bond donors (Lipinski definition) is 1. The molecule has 1 aliphatic rings. The van der Waals surface area contributed by atoms with E-state index in [0.29, 0.717) is 28.8 Å². The van der Waals surface area contributed by atoms with Crippen LogP contribution < -0.4 is 10.1 Å². The van der Waals surface area contributed by atoms with Gasteiger partial charge in [0.2, 0.25) is 11.8 Å². The summed E-state index contributed by atoms with van der Waals surface area (Å²) in [5, 5.41) is 4.34. The minimum absolute atomic E-state index is 0.0728. The molecule has 0 spiro atoms. The van der Waals surface area contributed by atoms with Crippen LogP contribution in [0.1, 0.15) is 50.2 Å². The first-order valence-electron chi connectivity index (χ1n) is 11.7. The second-order valence-electron chi connectivity index (χ2n) is 8.52. The lowest BCUT2D eigenvalue weighted by Gasteiger charge is -2.31. The average molecular weight is 524 g/mol. The molecule has 8 heteroatoms. The highest BCUT2D eigenvalue weighted by Gasteiger charge is 2.30. The molecule has 2 aromatic carbocycles. The molecule has 0 heterocycles. The number of hydrogen-bond acceptors (Lipinski definition) is 4. The zero-order valence-corrected chi connectivity index (χ0v) is 22.0. The monoisotopic (exact) mass is 522 g/mol. The summed E-state index contributed by atoms with van der Waals surface area (Å²) in [5.41, 5.74) is 1.85. The molecule has 1 N–H and O–H groups in total. The molecule has 3 rings (SSSR count). The summed E-state index contributed by atoms with van der Waals surface area (Å²) in [7, 11) is 1.62. The van der Waals surface area contributed by atoms with Gasteiger partial charge in [-0.25, -0.2) is 0 Å². The summed E-state index contributed by atoms with van der Waals surface area (Å²) in [6.45, 7) is 2.29. The molecular weight excluding hydrogens is 491 g/mol. The van der Waals surface area contributed by atoms with E-state index in [1.165, 1.54) is 11.8 Å². The number of nitrogens with one attached hydrogen (secondary N) is 1. The summed E-state index contributed by atoms with van der Waals surface area (Å²) in [6, 6.07) is 12.7. The van der Waals surface area contributed by atoms with Gasteiger partial charge in [-0.2, -0.15) is 0 Å². The molecule has 34 heavy (non-hydrogen) atoms. The minimum atomic E-state index is -0.529. The number of nitrogens with zero attached hydrogens (tertiary/aromatic N) is 1. The zero-order valence-electron chi connectivity index (χ0n) is 19.7. The zero-order chi connectivity index (χ0) is 24.5. The lowest BCUT2D eigenvalue weighted by Crippen LogP contribution is -2.51. The van der Waals surface area contributed by atoms with Gasteiger partial charge in [0.1, 0.15) is 11.8 Å². The topological polar surface area (TPSA) is 58.6 Å². The number of methoxy groups -OCH3 is 1.